The molecule has 16 heteroatoms. The number of carbonyl (C=O) groups excluding carboxylic acids is 4. The Kier molecular flexibility index (Phi) is 10.4. The molecule has 1 unspecified atom stereocenters. The van der Waals surface area contributed by atoms with Crippen LogP contribution in [0, 0.1) is 25.5 Å². The highest BCUT2D eigenvalue weighted by molar-refractivity contribution is 6.06. The summed E-state index contributed by atoms with van der Waals surface area (Å²) in [6.45, 7) is 7.77. The average molecular weight is 789 g/mol. The lowest BCUT2D eigenvalue weighted by Crippen LogP contribution is -2.47. The summed E-state index contributed by atoms with van der Waals surface area (Å²) in [4.78, 5) is 63.1. The molecule has 6 heterocycles. The molecule has 2 saturated heterocycles. The summed E-state index contributed by atoms with van der Waals surface area (Å²) in [6.07, 6.45) is 2.67. The molecule has 0 aliphatic carbocycles. The molecule has 4 amide bonds. The molecule has 2 fully saturated rings. The van der Waals surface area contributed by atoms with Gasteiger partial charge in [-0.25, -0.2) is 18.4 Å². The van der Waals surface area contributed by atoms with Crippen molar-refractivity contribution in [2.24, 2.45) is 5.73 Å². The second-order valence-corrected chi connectivity index (χ2v) is 14.9. The second kappa shape index (κ2) is 15.8. The van der Waals surface area contributed by atoms with Crippen LogP contribution in [0.15, 0.2) is 60.8 Å². The van der Waals surface area contributed by atoms with Gasteiger partial charge in [0.15, 0.2) is 0 Å². The molecule has 2 aromatic carbocycles. The van der Waals surface area contributed by atoms with Gasteiger partial charge in [-0.2, -0.15) is 5.10 Å². The number of benzene rings is 2. The average Bonchev–Trinajstić information content (AvgIpc) is 3.45. The maximum Gasteiger partial charge on any atom is 0.258 e. The number of carbonyl (C=O) groups is 4. The summed E-state index contributed by atoms with van der Waals surface area (Å²) < 4.78 is 31.8. The van der Waals surface area contributed by atoms with E-state index in [9.17, 15) is 19.2 Å². The summed E-state index contributed by atoms with van der Waals surface area (Å²) in [5.74, 6) is -3.76. The van der Waals surface area contributed by atoms with Gasteiger partial charge >= 0.3 is 0 Å². The van der Waals surface area contributed by atoms with Crippen LogP contribution in [0.5, 0.6) is 0 Å². The first-order chi connectivity index (χ1) is 27.9. The number of rotatable bonds is 9. The number of pyridine rings is 2. The van der Waals surface area contributed by atoms with Crippen molar-refractivity contribution >= 4 is 46.6 Å². The summed E-state index contributed by atoms with van der Waals surface area (Å²) >= 11 is 0. The number of halogens is 2. The monoisotopic (exact) mass is 788 g/mol. The number of imide groups is 1. The molecule has 58 heavy (non-hydrogen) atoms. The molecular weight excluding hydrogens is 747 g/mol. The predicted octanol–water partition coefficient (Wildman–Crippen LogP) is 4.77. The van der Waals surface area contributed by atoms with Gasteiger partial charge in [0.2, 0.25) is 11.8 Å². The van der Waals surface area contributed by atoms with Gasteiger partial charge in [-0.3, -0.25) is 34.4 Å². The first-order valence-corrected chi connectivity index (χ1v) is 19.2. The number of hydrogen-bond acceptors (Lipinski definition) is 10. The quantitative estimate of drug-likeness (QED) is 0.152. The van der Waals surface area contributed by atoms with Crippen LogP contribution < -0.4 is 26.6 Å². The zero-order chi connectivity index (χ0) is 40.7. The van der Waals surface area contributed by atoms with Crippen molar-refractivity contribution in [2.45, 2.75) is 52.0 Å². The number of hydrogen-bond donors (Lipinski definition) is 4. The molecule has 3 aliphatic heterocycles. The Hall–Kier alpha value is -6.55. The molecule has 14 nitrogen and oxygen atoms in total. The topological polar surface area (TPSA) is 180 Å². The molecule has 5 N–H and O–H groups in total. The second-order valence-electron chi connectivity index (χ2n) is 14.9. The Morgan fingerprint density at radius 2 is 1.72 bits per heavy atom. The number of anilines is 4. The minimum Gasteiger partial charge on any atom is -0.369 e. The Morgan fingerprint density at radius 1 is 0.948 bits per heavy atom. The van der Waals surface area contributed by atoms with E-state index in [2.05, 4.69) is 41.8 Å². The Bertz CT molecular complexity index is 2460. The minimum absolute atomic E-state index is 0.0455. The van der Waals surface area contributed by atoms with E-state index in [0.29, 0.717) is 65.6 Å². The minimum atomic E-state index is -1.02. The lowest BCUT2D eigenvalue weighted by Gasteiger charge is -2.36. The molecule has 3 aromatic heterocycles. The van der Waals surface area contributed by atoms with E-state index >= 15 is 8.78 Å². The van der Waals surface area contributed by atoms with E-state index in [1.54, 1.807) is 23.7 Å². The van der Waals surface area contributed by atoms with Crippen molar-refractivity contribution in [3.8, 4) is 11.4 Å². The number of piperidine rings is 1. The molecule has 5 aromatic rings. The molecule has 1 atom stereocenters. The lowest BCUT2D eigenvalue weighted by atomic mass is 9.89. The highest BCUT2D eigenvalue weighted by Crippen LogP contribution is 2.36. The maximum absolute atomic E-state index is 15.1. The number of nitrogens with one attached hydrogen (secondary N) is 3. The number of piperazine rings is 1. The number of aryl methyl sites for hydroxylation is 4. The summed E-state index contributed by atoms with van der Waals surface area (Å²) in [6, 6.07) is 15.8. The third-order valence-electron chi connectivity index (χ3n) is 11.0. The van der Waals surface area contributed by atoms with E-state index in [4.69, 9.17) is 10.8 Å². The Labute approximate surface area is 332 Å². The van der Waals surface area contributed by atoms with Crippen LogP contribution in [0.1, 0.15) is 67.4 Å². The zero-order valence-corrected chi connectivity index (χ0v) is 32.1. The van der Waals surface area contributed by atoms with Gasteiger partial charge in [0.25, 0.3) is 11.8 Å². The number of nitrogens with two attached hydrogens (primary N) is 1. The molecule has 298 valence electrons. The number of primary amides is 1. The largest absolute Gasteiger partial charge is 0.369 e. The van der Waals surface area contributed by atoms with Crippen LogP contribution in [-0.2, 0) is 29.0 Å². The van der Waals surface area contributed by atoms with Crippen molar-refractivity contribution in [1.29, 1.82) is 0 Å². The summed E-state index contributed by atoms with van der Waals surface area (Å²) in [7, 11) is 0. The highest BCUT2D eigenvalue weighted by atomic mass is 19.1. The van der Waals surface area contributed by atoms with Crippen LogP contribution in [0.2, 0.25) is 0 Å². The molecule has 0 spiro atoms. The van der Waals surface area contributed by atoms with E-state index in [-0.39, 0.29) is 29.9 Å². The van der Waals surface area contributed by atoms with Crippen molar-refractivity contribution < 1.29 is 28.0 Å². The maximum atomic E-state index is 15.1. The third kappa shape index (κ3) is 7.74. The van der Waals surface area contributed by atoms with E-state index in [1.165, 1.54) is 18.3 Å². The predicted molar refractivity (Wildman–Crippen MR) is 213 cm³/mol. The van der Waals surface area contributed by atoms with E-state index < -0.39 is 35.3 Å². The normalized spacial score (nSPS) is 16.8. The molecule has 8 rings (SSSR count). The molecule has 3 aliphatic rings. The Morgan fingerprint density at radius 3 is 2.43 bits per heavy atom. The number of fused-ring (bicyclic) bond motifs is 2. The molecule has 0 saturated carbocycles. The molecule has 0 bridgehead atoms. The van der Waals surface area contributed by atoms with Crippen molar-refractivity contribution in [1.82, 2.24) is 30.0 Å². The van der Waals surface area contributed by atoms with Gasteiger partial charge in [0.1, 0.15) is 34.5 Å². The molecular formula is C42H42F2N10O4. The van der Waals surface area contributed by atoms with Crippen LogP contribution in [0.25, 0.3) is 11.4 Å². The van der Waals surface area contributed by atoms with Crippen LogP contribution >= 0.6 is 0 Å². The van der Waals surface area contributed by atoms with Gasteiger partial charge in [-0.05, 0) is 98.3 Å². The highest BCUT2D eigenvalue weighted by Gasteiger charge is 2.33. The van der Waals surface area contributed by atoms with Crippen molar-refractivity contribution in [3.05, 3.63) is 112 Å². The van der Waals surface area contributed by atoms with E-state index in [0.717, 1.165) is 48.8 Å². The van der Waals surface area contributed by atoms with Crippen molar-refractivity contribution in [3.63, 3.8) is 0 Å². The smallest absolute Gasteiger partial charge is 0.258 e. The fourth-order valence-electron chi connectivity index (χ4n) is 7.94. The van der Waals surface area contributed by atoms with Gasteiger partial charge in [0.05, 0.1) is 17.2 Å². The van der Waals surface area contributed by atoms with Gasteiger partial charge in [-0.1, -0.05) is 6.07 Å². The summed E-state index contributed by atoms with van der Waals surface area (Å²) in [5, 5.41) is 13.2. The zero-order valence-electron chi connectivity index (χ0n) is 32.1. The fraction of sp³-hybridized carbons (Fsp3) is 0.310. The molecule has 0 radical (unpaired) electrons. The third-order valence-corrected chi connectivity index (χ3v) is 11.0. The Balaban J connectivity index is 0.906. The lowest BCUT2D eigenvalue weighted by molar-refractivity contribution is -0.134. The number of amides is 4. The van der Waals surface area contributed by atoms with Crippen LogP contribution in [0.4, 0.5) is 31.8 Å². The first kappa shape index (κ1) is 38.3. The first-order valence-electron chi connectivity index (χ1n) is 19.2. The summed E-state index contributed by atoms with van der Waals surface area (Å²) in [5.41, 5.74) is 11.9. The number of nitrogens with zero attached hydrogens (tertiary/aromatic N) is 6. The van der Waals surface area contributed by atoms with Gasteiger partial charge in [0, 0.05) is 74.5 Å². The van der Waals surface area contributed by atoms with Crippen LogP contribution in [0.3, 0.4) is 0 Å². The van der Waals surface area contributed by atoms with Crippen LogP contribution in [-0.4, -0.2) is 81.0 Å². The number of aromatic nitrogens is 4. The standard InChI is InChI=1S/C42H42F2N10O4/c1-23-18-33(46-22-29(23)42(58)49-34-5-3-4-24(2)47-34)38-37(39(45)56)40-48-32-8-6-27(21-26(32)11-13-54(40)51-38)53-16-14-52(15-17-53)12-10-25-19-30(43)36(31(44)20-25)28-7-9-35(55)50-41(28)57/h3-6,8,18-22,28,48H,7,9-17H2,1-2H3,(H2,45,56)(H,47,49,58)(H,50,55,57). The fourth-order valence-corrected chi connectivity index (χ4v) is 7.94. The van der Waals surface area contributed by atoms with Gasteiger partial charge in [-0.15, -0.1) is 0 Å². The van der Waals surface area contributed by atoms with Gasteiger partial charge < -0.3 is 21.3 Å². The SMILES string of the molecule is Cc1cccc(NC(=O)c2cnc(-c3nn4c(c3C(N)=O)Nc3ccc(N5CCN(CCc6cc(F)c(C7CCC(=O)NC7=O)c(F)c6)CC5)cc3CC4)cc2C)n1. The van der Waals surface area contributed by atoms with Crippen molar-refractivity contribution in [2.75, 3.05) is 48.3 Å². The van der Waals surface area contributed by atoms with E-state index in [1.807, 2.05) is 31.2 Å².